The molecule has 2 heterocycles. The third-order valence-electron chi connectivity index (χ3n) is 2.84. The Morgan fingerprint density at radius 3 is 3.06 bits per heavy atom. The van der Waals surface area contributed by atoms with Gasteiger partial charge >= 0.3 is 0 Å². The van der Waals surface area contributed by atoms with E-state index in [4.69, 9.17) is 16.3 Å². The van der Waals surface area contributed by atoms with Crippen LogP contribution in [0.3, 0.4) is 0 Å². The molecule has 1 aromatic rings. The number of halogens is 2. The van der Waals surface area contributed by atoms with Crippen LogP contribution in [-0.2, 0) is 11.2 Å². The van der Waals surface area contributed by atoms with Gasteiger partial charge in [0.15, 0.2) is 0 Å². The molecule has 1 aliphatic heterocycles. The molecule has 0 radical (unpaired) electrons. The van der Waals surface area contributed by atoms with E-state index in [9.17, 15) is 4.39 Å². The Morgan fingerprint density at radius 1 is 1.65 bits per heavy atom. The molecule has 1 fully saturated rings. The molecule has 0 amide bonds. The van der Waals surface area contributed by atoms with E-state index < -0.39 is 5.67 Å². The summed E-state index contributed by atoms with van der Waals surface area (Å²) in [6, 6.07) is 3.84. The maximum absolute atomic E-state index is 14.4. The number of thiophene rings is 1. The number of rotatable bonds is 4. The average molecular weight is 278 g/mol. The van der Waals surface area contributed by atoms with Crippen LogP contribution in [0.2, 0.25) is 4.34 Å². The molecular formula is C12H17ClFNOS. The third-order valence-corrected chi connectivity index (χ3v) is 4.07. The van der Waals surface area contributed by atoms with Crippen LogP contribution in [0.15, 0.2) is 12.1 Å². The first-order valence-corrected chi connectivity index (χ1v) is 6.99. The predicted octanol–water partition coefficient (Wildman–Crippen LogP) is 3.05. The van der Waals surface area contributed by atoms with Crippen molar-refractivity contribution in [1.82, 2.24) is 5.32 Å². The fourth-order valence-electron chi connectivity index (χ4n) is 2.15. The minimum absolute atomic E-state index is 0.120. The Hall–Kier alpha value is -0.160. The first-order chi connectivity index (χ1) is 8.05. The molecular weight excluding hydrogens is 261 g/mol. The first kappa shape index (κ1) is 13.3. The molecule has 17 heavy (non-hydrogen) atoms. The largest absolute Gasteiger partial charge is 0.379 e. The van der Waals surface area contributed by atoms with Crippen molar-refractivity contribution >= 4 is 22.9 Å². The zero-order valence-corrected chi connectivity index (χ0v) is 11.4. The lowest BCUT2D eigenvalue weighted by Gasteiger charge is -2.29. The number of hydrogen-bond acceptors (Lipinski definition) is 3. The minimum Gasteiger partial charge on any atom is -0.379 e. The van der Waals surface area contributed by atoms with Crippen molar-refractivity contribution in [1.29, 1.82) is 0 Å². The molecule has 1 aliphatic rings. The highest BCUT2D eigenvalue weighted by atomic mass is 35.5. The van der Waals surface area contributed by atoms with Crippen molar-refractivity contribution < 1.29 is 9.13 Å². The van der Waals surface area contributed by atoms with Crippen LogP contribution in [0, 0.1) is 0 Å². The Balaban J connectivity index is 1.88. The van der Waals surface area contributed by atoms with Gasteiger partial charge in [0.1, 0.15) is 5.67 Å². The van der Waals surface area contributed by atoms with Crippen LogP contribution in [0.25, 0.3) is 0 Å². The fraction of sp³-hybridized carbons (Fsp3) is 0.667. The van der Waals surface area contributed by atoms with E-state index in [1.165, 1.54) is 11.3 Å². The van der Waals surface area contributed by atoms with Crippen LogP contribution in [0.1, 0.15) is 18.2 Å². The van der Waals surface area contributed by atoms with Gasteiger partial charge in [0, 0.05) is 23.9 Å². The van der Waals surface area contributed by atoms with E-state index >= 15 is 0 Å². The predicted molar refractivity (Wildman–Crippen MR) is 69.8 cm³/mol. The van der Waals surface area contributed by atoms with Crippen LogP contribution >= 0.6 is 22.9 Å². The van der Waals surface area contributed by atoms with Gasteiger partial charge in [-0.1, -0.05) is 11.6 Å². The van der Waals surface area contributed by atoms with E-state index in [1.54, 1.807) is 6.92 Å². The summed E-state index contributed by atoms with van der Waals surface area (Å²) < 4.78 is 20.5. The fourth-order valence-corrected chi connectivity index (χ4v) is 3.40. The molecule has 0 bridgehead atoms. The summed E-state index contributed by atoms with van der Waals surface area (Å²) in [6.07, 6.45) is 0.894. The zero-order valence-electron chi connectivity index (χ0n) is 9.84. The monoisotopic (exact) mass is 277 g/mol. The van der Waals surface area contributed by atoms with E-state index in [2.05, 4.69) is 5.32 Å². The number of morpholine rings is 1. The van der Waals surface area contributed by atoms with Gasteiger partial charge in [-0.15, -0.1) is 11.3 Å². The van der Waals surface area contributed by atoms with Gasteiger partial charge in [-0.05, 0) is 25.5 Å². The van der Waals surface area contributed by atoms with Gasteiger partial charge in [-0.25, -0.2) is 4.39 Å². The molecule has 5 heteroatoms. The topological polar surface area (TPSA) is 21.3 Å². The molecule has 2 rings (SSSR count). The second kappa shape index (κ2) is 5.65. The summed E-state index contributed by atoms with van der Waals surface area (Å²) in [6.45, 7) is 3.78. The summed E-state index contributed by atoms with van der Waals surface area (Å²) in [5.74, 6) is 0. The van der Waals surface area contributed by atoms with Gasteiger partial charge in [-0.3, -0.25) is 0 Å². The van der Waals surface area contributed by atoms with Crippen LogP contribution in [0.4, 0.5) is 4.39 Å². The van der Waals surface area contributed by atoms with Gasteiger partial charge in [0.05, 0.1) is 17.6 Å². The zero-order chi connectivity index (χ0) is 12.3. The molecule has 0 spiro atoms. The molecule has 2 unspecified atom stereocenters. The van der Waals surface area contributed by atoms with Gasteiger partial charge in [0.2, 0.25) is 0 Å². The summed E-state index contributed by atoms with van der Waals surface area (Å²) in [4.78, 5) is 0.997. The van der Waals surface area contributed by atoms with E-state index in [0.29, 0.717) is 19.4 Å². The van der Waals surface area contributed by atoms with Crippen LogP contribution < -0.4 is 5.32 Å². The number of hydrogen-bond donors (Lipinski definition) is 1. The van der Waals surface area contributed by atoms with E-state index in [1.807, 2.05) is 12.1 Å². The van der Waals surface area contributed by atoms with Crippen molar-refractivity contribution in [3.8, 4) is 0 Å². The lowest BCUT2D eigenvalue weighted by molar-refractivity contribution is 0.0485. The van der Waals surface area contributed by atoms with E-state index in [0.717, 1.165) is 22.4 Å². The highest BCUT2D eigenvalue weighted by Gasteiger charge is 2.29. The summed E-state index contributed by atoms with van der Waals surface area (Å²) in [5, 5.41) is 3.28. The number of nitrogens with one attached hydrogen (secondary N) is 1. The Kier molecular flexibility index (Phi) is 4.42. The van der Waals surface area contributed by atoms with Gasteiger partial charge in [-0.2, -0.15) is 0 Å². The third kappa shape index (κ3) is 4.21. The van der Waals surface area contributed by atoms with Crippen molar-refractivity contribution in [3.63, 3.8) is 0 Å². The second-order valence-electron chi connectivity index (χ2n) is 4.73. The Morgan fingerprint density at radius 2 is 2.47 bits per heavy atom. The quantitative estimate of drug-likeness (QED) is 0.913. The normalized spacial score (nSPS) is 24.5. The standard InChI is InChI=1S/C12H17ClFNOS/c1-12(14,6-9-8-16-5-4-15-9)7-10-2-3-11(13)17-10/h2-3,9,15H,4-8H2,1H3. The molecule has 1 saturated heterocycles. The van der Waals surface area contributed by atoms with Crippen molar-refractivity contribution in [3.05, 3.63) is 21.3 Å². The lowest BCUT2D eigenvalue weighted by Crippen LogP contribution is -2.45. The van der Waals surface area contributed by atoms with Gasteiger partial charge in [0.25, 0.3) is 0 Å². The number of alkyl halides is 1. The van der Waals surface area contributed by atoms with E-state index in [-0.39, 0.29) is 6.04 Å². The molecule has 0 aromatic carbocycles. The van der Waals surface area contributed by atoms with Crippen molar-refractivity contribution in [2.24, 2.45) is 0 Å². The molecule has 2 nitrogen and oxygen atoms in total. The average Bonchev–Trinajstić information content (AvgIpc) is 2.63. The van der Waals surface area contributed by atoms with Crippen molar-refractivity contribution in [2.75, 3.05) is 19.8 Å². The molecule has 1 aromatic heterocycles. The maximum atomic E-state index is 14.4. The summed E-state index contributed by atoms with van der Waals surface area (Å²) in [7, 11) is 0. The summed E-state index contributed by atoms with van der Waals surface area (Å²) >= 11 is 7.30. The van der Waals surface area contributed by atoms with Crippen LogP contribution in [-0.4, -0.2) is 31.5 Å². The SMILES string of the molecule is CC(F)(Cc1ccc(Cl)s1)CC1COCCN1. The number of ether oxygens (including phenoxy) is 1. The highest BCUT2D eigenvalue weighted by Crippen LogP contribution is 2.29. The molecule has 0 aliphatic carbocycles. The molecule has 0 saturated carbocycles. The summed E-state index contributed by atoms with van der Waals surface area (Å²) in [5.41, 5.74) is -1.22. The van der Waals surface area contributed by atoms with Crippen molar-refractivity contribution in [2.45, 2.75) is 31.5 Å². The van der Waals surface area contributed by atoms with Crippen LogP contribution in [0.5, 0.6) is 0 Å². The molecule has 1 N–H and O–H groups in total. The Bertz CT molecular complexity index is 363. The Labute approximate surface area is 110 Å². The lowest BCUT2D eigenvalue weighted by atomic mass is 9.94. The van der Waals surface area contributed by atoms with Gasteiger partial charge < -0.3 is 10.1 Å². The smallest absolute Gasteiger partial charge is 0.114 e. The minimum atomic E-state index is -1.22. The molecule has 96 valence electrons. The second-order valence-corrected chi connectivity index (χ2v) is 6.53. The maximum Gasteiger partial charge on any atom is 0.114 e. The molecule has 2 atom stereocenters. The highest BCUT2D eigenvalue weighted by molar-refractivity contribution is 7.16. The first-order valence-electron chi connectivity index (χ1n) is 5.79.